The summed E-state index contributed by atoms with van der Waals surface area (Å²) >= 11 is 0. The van der Waals surface area contributed by atoms with Gasteiger partial charge in [-0.25, -0.2) is 9.78 Å². The lowest BCUT2D eigenvalue weighted by Gasteiger charge is -2.31. The van der Waals surface area contributed by atoms with Gasteiger partial charge in [-0.2, -0.15) is 5.26 Å². The second-order valence-corrected chi connectivity index (χ2v) is 16.6. The molecule has 316 valence electrons. The fourth-order valence-corrected chi connectivity index (χ4v) is 8.69. The third kappa shape index (κ3) is 9.36. The second-order valence-electron chi connectivity index (χ2n) is 16.6. The van der Waals surface area contributed by atoms with Gasteiger partial charge in [0.1, 0.15) is 17.9 Å². The molecule has 0 bridgehead atoms. The van der Waals surface area contributed by atoms with Crippen molar-refractivity contribution in [2.75, 3.05) is 47.4 Å². The highest BCUT2D eigenvalue weighted by Gasteiger charge is 2.40. The fraction of sp³-hybridized carbons (Fsp3) is 0.375. The smallest absolute Gasteiger partial charge is 0.407 e. The number of nitrogens with zero attached hydrogens (tertiary/aromatic N) is 6. The number of imidazole rings is 1. The number of nitrogens with two attached hydrogens (primary N) is 1. The number of aliphatic imine (C=N–C) groups is 1. The number of ether oxygens (including phenoxy) is 1. The number of methoxy groups -OCH3 is 1. The van der Waals surface area contributed by atoms with Crippen LogP contribution in [0.4, 0.5) is 4.79 Å². The third-order valence-electron chi connectivity index (χ3n) is 12.0. The molecule has 0 radical (unpaired) electrons. The Bertz CT molecular complexity index is 2420. The van der Waals surface area contributed by atoms with Gasteiger partial charge in [-0.3, -0.25) is 19.5 Å². The Balaban J connectivity index is 1.03. The minimum atomic E-state index is -0.784. The summed E-state index contributed by atoms with van der Waals surface area (Å²) in [4.78, 5) is 58.4. The molecule has 7 rings (SSSR count). The van der Waals surface area contributed by atoms with Crippen LogP contribution >= 0.6 is 0 Å². The van der Waals surface area contributed by atoms with Crippen LogP contribution in [-0.2, 0) is 14.3 Å². The summed E-state index contributed by atoms with van der Waals surface area (Å²) in [6.07, 6.45) is 3.46. The molecule has 5 unspecified atom stereocenters. The van der Waals surface area contributed by atoms with Gasteiger partial charge < -0.3 is 30.6 Å². The van der Waals surface area contributed by atoms with Crippen molar-refractivity contribution in [3.05, 3.63) is 114 Å². The lowest BCUT2D eigenvalue weighted by Crippen LogP contribution is -2.53. The monoisotopic (exact) mass is 821 g/mol. The first-order valence-corrected chi connectivity index (χ1v) is 21.0. The van der Waals surface area contributed by atoms with E-state index >= 15 is 0 Å². The van der Waals surface area contributed by atoms with Crippen molar-refractivity contribution >= 4 is 34.4 Å². The van der Waals surface area contributed by atoms with Gasteiger partial charge in [0.15, 0.2) is 0 Å². The summed E-state index contributed by atoms with van der Waals surface area (Å²) in [6, 6.07) is 31.6. The highest BCUT2D eigenvalue weighted by molar-refractivity contribution is 6.05. The molecule has 4 aromatic carbocycles. The Morgan fingerprint density at radius 2 is 1.67 bits per heavy atom. The van der Waals surface area contributed by atoms with Gasteiger partial charge in [-0.15, -0.1) is 0 Å². The molecule has 2 aliphatic heterocycles. The molecule has 2 fully saturated rings. The summed E-state index contributed by atoms with van der Waals surface area (Å²) in [5.41, 5.74) is 12.9. The molecule has 0 aliphatic carbocycles. The molecule has 2 saturated heterocycles. The van der Waals surface area contributed by atoms with Crippen molar-refractivity contribution in [2.45, 2.75) is 57.3 Å². The van der Waals surface area contributed by atoms with Crippen LogP contribution in [0.3, 0.4) is 0 Å². The van der Waals surface area contributed by atoms with Crippen LogP contribution in [0, 0.1) is 23.2 Å². The second kappa shape index (κ2) is 18.9. The van der Waals surface area contributed by atoms with Crippen LogP contribution in [0.15, 0.2) is 102 Å². The van der Waals surface area contributed by atoms with Crippen LogP contribution in [0.25, 0.3) is 33.2 Å². The maximum Gasteiger partial charge on any atom is 0.407 e. The molecular formula is C48H55N9O4. The highest BCUT2D eigenvalue weighted by atomic mass is 16.5. The average Bonchev–Trinajstić information content (AvgIpc) is 4.06. The number of aromatic amines is 1. The number of carbonyl (C=O) groups excluding carboxylic acids is 3. The Labute approximate surface area is 357 Å². The molecule has 61 heavy (non-hydrogen) atoms. The number of likely N-dealkylation sites (N-methyl/N-ethyl adjacent to an activating group) is 1. The van der Waals surface area contributed by atoms with Gasteiger partial charge in [0.25, 0.3) is 0 Å². The first kappa shape index (κ1) is 42.8. The summed E-state index contributed by atoms with van der Waals surface area (Å²) in [5.74, 6) is 0.137. The lowest BCUT2D eigenvalue weighted by atomic mass is 9.98. The molecule has 2 aliphatic rings. The van der Waals surface area contributed by atoms with Gasteiger partial charge in [0.05, 0.1) is 55.3 Å². The van der Waals surface area contributed by atoms with E-state index in [0.717, 1.165) is 62.9 Å². The van der Waals surface area contributed by atoms with Crippen molar-refractivity contribution in [1.82, 2.24) is 30.0 Å². The molecular weight excluding hydrogens is 767 g/mol. The van der Waals surface area contributed by atoms with Crippen molar-refractivity contribution in [3.8, 4) is 28.5 Å². The number of benzene rings is 4. The molecule has 4 N–H and O–H groups in total. The van der Waals surface area contributed by atoms with Crippen molar-refractivity contribution in [1.29, 1.82) is 5.26 Å². The molecule has 13 nitrogen and oxygen atoms in total. The molecule has 13 heteroatoms. The van der Waals surface area contributed by atoms with E-state index < -0.39 is 12.1 Å². The van der Waals surface area contributed by atoms with E-state index in [9.17, 15) is 19.6 Å². The van der Waals surface area contributed by atoms with Gasteiger partial charge in [0, 0.05) is 19.6 Å². The first-order chi connectivity index (χ1) is 29.5. The van der Waals surface area contributed by atoms with Crippen LogP contribution in [0.1, 0.15) is 62.1 Å². The SMILES string of the molecule is COC(=O)NC(C(=O)N1CC(C#N)CC1CN=C(CN)c1ccc2cc(-c3ccc(-c4cnc(C5CCCN5C(=O)C(c5ccccc5)N(C)C)[nH]4)cc3)ccc2c1)C(C)C. The Morgan fingerprint density at radius 1 is 0.967 bits per heavy atom. The van der Waals surface area contributed by atoms with Crippen LogP contribution in [-0.4, -0.2) is 108 Å². The van der Waals surface area contributed by atoms with Crippen LogP contribution in [0.5, 0.6) is 0 Å². The van der Waals surface area contributed by atoms with E-state index in [1.54, 1.807) is 4.90 Å². The van der Waals surface area contributed by atoms with E-state index in [-0.39, 0.29) is 61.4 Å². The van der Waals surface area contributed by atoms with Gasteiger partial charge >= 0.3 is 6.09 Å². The molecule has 3 amide bonds. The third-order valence-corrected chi connectivity index (χ3v) is 12.0. The number of hydrogen-bond acceptors (Lipinski definition) is 9. The largest absolute Gasteiger partial charge is 0.453 e. The van der Waals surface area contributed by atoms with Gasteiger partial charge in [-0.1, -0.05) is 92.7 Å². The molecule has 3 heterocycles. The van der Waals surface area contributed by atoms with Crippen molar-refractivity contribution < 1.29 is 19.1 Å². The number of rotatable bonds is 13. The normalized spacial score (nSPS) is 19.0. The summed E-state index contributed by atoms with van der Waals surface area (Å²) < 4.78 is 4.75. The molecule has 5 atom stereocenters. The maximum absolute atomic E-state index is 13.9. The standard InChI is InChI=1S/C48H55N9O4/c1-30(2)43(54-48(60)61-5)46(58)57-29-31(25-49)22-39(57)27-51-40(26-50)38-20-19-36-23-35(17-18-37(36)24-38)32-13-15-33(16-14-32)41-28-52-45(53-41)42-12-9-21-56(42)47(59)44(55(3)4)34-10-7-6-8-11-34/h6-8,10-11,13-20,23-24,28,30-31,39,42-44H,9,12,21-22,26-27,29,50H2,1-5H3,(H,52,53)(H,54,60). The number of aromatic nitrogens is 2. The van der Waals surface area contributed by atoms with Crippen LogP contribution in [0.2, 0.25) is 0 Å². The number of H-pyrrole nitrogens is 1. The summed E-state index contributed by atoms with van der Waals surface area (Å²) in [7, 11) is 5.16. The van der Waals surface area contributed by atoms with Crippen molar-refractivity contribution in [3.63, 3.8) is 0 Å². The topological polar surface area (TPSA) is 173 Å². The summed E-state index contributed by atoms with van der Waals surface area (Å²) in [6.45, 7) is 5.19. The number of carbonyl (C=O) groups is 3. The maximum atomic E-state index is 13.9. The minimum Gasteiger partial charge on any atom is -0.453 e. The molecule has 1 aromatic heterocycles. The van der Waals surface area contributed by atoms with Crippen molar-refractivity contribution in [2.24, 2.45) is 22.6 Å². The zero-order valence-corrected chi connectivity index (χ0v) is 35.5. The number of nitriles is 1. The number of fused-ring (bicyclic) bond motifs is 1. The average molecular weight is 822 g/mol. The van der Waals surface area contributed by atoms with Gasteiger partial charge in [-0.05, 0) is 90.0 Å². The predicted octanol–water partition coefficient (Wildman–Crippen LogP) is 6.73. The van der Waals surface area contributed by atoms with Crippen LogP contribution < -0.4 is 11.1 Å². The highest BCUT2D eigenvalue weighted by Crippen LogP contribution is 2.36. The fourth-order valence-electron chi connectivity index (χ4n) is 8.69. The molecule has 0 spiro atoms. The van der Waals surface area contributed by atoms with E-state index in [1.807, 2.05) is 80.3 Å². The van der Waals surface area contributed by atoms with Gasteiger partial charge in [0.2, 0.25) is 11.8 Å². The summed E-state index contributed by atoms with van der Waals surface area (Å²) in [5, 5.41) is 14.5. The number of nitrogens with one attached hydrogen (secondary N) is 2. The van der Waals surface area contributed by atoms with E-state index in [2.05, 4.69) is 71.0 Å². The van der Waals surface area contributed by atoms with E-state index in [1.165, 1.54) is 7.11 Å². The lowest BCUT2D eigenvalue weighted by molar-refractivity contribution is -0.137. The minimum absolute atomic E-state index is 0.0879. The Kier molecular flexibility index (Phi) is 13.3. The Hall–Kier alpha value is -6.36. The number of hydrogen-bond donors (Lipinski definition) is 3. The number of amides is 3. The van der Waals surface area contributed by atoms with E-state index in [4.69, 9.17) is 20.4 Å². The molecule has 0 saturated carbocycles. The predicted molar refractivity (Wildman–Crippen MR) is 237 cm³/mol. The Morgan fingerprint density at radius 3 is 2.36 bits per heavy atom. The van der Waals surface area contributed by atoms with E-state index in [0.29, 0.717) is 18.7 Å². The zero-order valence-electron chi connectivity index (χ0n) is 35.5. The quantitative estimate of drug-likeness (QED) is 0.110. The molecule has 5 aromatic rings. The zero-order chi connectivity index (χ0) is 43.2. The number of alkyl carbamates (subject to hydrolysis) is 1. The first-order valence-electron chi connectivity index (χ1n) is 21.0. The number of likely N-dealkylation sites (tertiary alicyclic amines) is 2.